The number of fused-ring (bicyclic) bond motifs is 1. The maximum atomic E-state index is 14.5. The van der Waals surface area contributed by atoms with E-state index in [0.29, 0.717) is 26.2 Å². The Bertz CT molecular complexity index is 1130. The van der Waals surface area contributed by atoms with Gasteiger partial charge in [-0.05, 0) is 41.5 Å². The van der Waals surface area contributed by atoms with Crippen LogP contribution in [0.15, 0.2) is 46.9 Å². The maximum Gasteiger partial charge on any atom is 0.346 e. The Morgan fingerprint density at radius 3 is 2.71 bits per heavy atom. The normalized spacial score (nSPS) is 15.8. The van der Waals surface area contributed by atoms with Gasteiger partial charge in [0, 0.05) is 27.3 Å². The lowest BCUT2D eigenvalue weighted by atomic mass is 9.88. The van der Waals surface area contributed by atoms with Crippen LogP contribution < -0.4 is 5.32 Å². The van der Waals surface area contributed by atoms with E-state index in [1.165, 1.54) is 24.3 Å². The van der Waals surface area contributed by atoms with Crippen molar-refractivity contribution in [3.05, 3.63) is 73.9 Å². The van der Waals surface area contributed by atoms with Gasteiger partial charge in [0.05, 0.1) is 5.69 Å². The van der Waals surface area contributed by atoms with Gasteiger partial charge in [-0.25, -0.2) is 13.6 Å². The molecule has 2 heterocycles. The number of carboxylic acid groups (broad SMARTS) is 1. The van der Waals surface area contributed by atoms with Gasteiger partial charge < -0.3 is 10.4 Å². The first-order valence-corrected chi connectivity index (χ1v) is 9.87. The molecule has 4 nitrogen and oxygen atoms in total. The minimum absolute atomic E-state index is 0.0114. The molecule has 28 heavy (non-hydrogen) atoms. The smallest absolute Gasteiger partial charge is 0.346 e. The van der Waals surface area contributed by atoms with Gasteiger partial charge in [-0.1, -0.05) is 28.1 Å². The van der Waals surface area contributed by atoms with E-state index in [1.54, 1.807) is 18.2 Å². The third-order valence-corrected chi connectivity index (χ3v) is 6.33. The molecule has 1 amide bonds. The highest BCUT2D eigenvalue weighted by Crippen LogP contribution is 2.50. The van der Waals surface area contributed by atoms with Gasteiger partial charge in [-0.3, -0.25) is 4.79 Å². The minimum Gasteiger partial charge on any atom is -0.477 e. The topological polar surface area (TPSA) is 66.4 Å². The lowest BCUT2D eigenvalue weighted by Crippen LogP contribution is -2.23. The highest BCUT2D eigenvalue weighted by atomic mass is 79.9. The zero-order valence-corrected chi connectivity index (χ0v) is 16.5. The third kappa shape index (κ3) is 3.22. The van der Waals surface area contributed by atoms with Crippen LogP contribution in [0.1, 0.15) is 32.5 Å². The number of carboxylic acids is 1. The van der Waals surface area contributed by atoms with Gasteiger partial charge in [-0.15, -0.1) is 11.3 Å². The van der Waals surface area contributed by atoms with Crippen LogP contribution in [-0.2, 0) is 4.79 Å². The van der Waals surface area contributed by atoms with Crippen molar-refractivity contribution in [3.63, 3.8) is 0 Å². The predicted octanol–water partition coefficient (Wildman–Crippen LogP) is 5.63. The number of carbonyl (C=O) groups is 2. The lowest BCUT2D eigenvalue weighted by molar-refractivity contribution is -0.116. The van der Waals surface area contributed by atoms with Crippen LogP contribution in [-0.4, -0.2) is 17.0 Å². The number of halogens is 3. The Kier molecular flexibility index (Phi) is 4.76. The van der Waals surface area contributed by atoms with Crippen molar-refractivity contribution in [2.45, 2.75) is 12.3 Å². The molecule has 142 valence electrons. The Hall–Kier alpha value is -2.58. The number of hydrogen-bond acceptors (Lipinski definition) is 3. The van der Waals surface area contributed by atoms with Crippen LogP contribution in [0.2, 0.25) is 0 Å². The standard InChI is InChI=1S/C20H12BrF2NO3S/c21-10-4-5-14(23)12(7-10)13-8-15(25)24-17-16(9-2-1-3-11(22)6-9)19(20(26)27)28-18(13)17/h1-7,13H,8H2,(H,24,25)(H,26,27)/t13-/m1/s1. The zero-order valence-electron chi connectivity index (χ0n) is 14.1. The molecule has 0 saturated carbocycles. The monoisotopic (exact) mass is 463 g/mol. The van der Waals surface area contributed by atoms with Crippen molar-refractivity contribution in [1.29, 1.82) is 0 Å². The number of aromatic carboxylic acids is 1. The van der Waals surface area contributed by atoms with Crippen LogP contribution >= 0.6 is 27.3 Å². The molecular weight excluding hydrogens is 452 g/mol. The molecular formula is C20H12BrF2NO3S. The predicted molar refractivity (Wildman–Crippen MR) is 106 cm³/mol. The number of anilines is 1. The summed E-state index contributed by atoms with van der Waals surface area (Å²) in [4.78, 5) is 24.7. The number of benzene rings is 2. The Morgan fingerprint density at radius 1 is 1.21 bits per heavy atom. The summed E-state index contributed by atoms with van der Waals surface area (Å²) in [7, 11) is 0. The van der Waals surface area contributed by atoms with Crippen molar-refractivity contribution in [2.24, 2.45) is 0 Å². The van der Waals surface area contributed by atoms with Crippen molar-refractivity contribution in [2.75, 3.05) is 5.32 Å². The molecule has 3 aromatic rings. The van der Waals surface area contributed by atoms with Crippen LogP contribution in [0.5, 0.6) is 0 Å². The third-order valence-electron chi connectivity index (χ3n) is 4.55. The molecule has 2 aromatic carbocycles. The molecule has 1 atom stereocenters. The van der Waals surface area contributed by atoms with Gasteiger partial charge in [0.2, 0.25) is 5.91 Å². The number of thiophene rings is 1. The SMILES string of the molecule is O=C1C[C@H](c2cc(Br)ccc2F)c2sc(C(=O)O)c(-c3cccc(F)c3)c2N1. The second-order valence-corrected chi connectivity index (χ2v) is 8.30. The summed E-state index contributed by atoms with van der Waals surface area (Å²) in [5.41, 5.74) is 1.18. The van der Waals surface area contributed by atoms with E-state index >= 15 is 0 Å². The van der Waals surface area contributed by atoms with Crippen LogP contribution in [0.4, 0.5) is 14.5 Å². The average Bonchev–Trinajstić information content (AvgIpc) is 3.02. The zero-order chi connectivity index (χ0) is 20.0. The summed E-state index contributed by atoms with van der Waals surface area (Å²) < 4.78 is 28.9. The molecule has 0 aliphatic carbocycles. The molecule has 0 saturated heterocycles. The second-order valence-electron chi connectivity index (χ2n) is 6.33. The van der Waals surface area contributed by atoms with E-state index in [1.807, 2.05) is 0 Å². The van der Waals surface area contributed by atoms with E-state index in [2.05, 4.69) is 21.2 Å². The second kappa shape index (κ2) is 7.10. The summed E-state index contributed by atoms with van der Waals surface area (Å²) in [6.45, 7) is 0. The van der Waals surface area contributed by atoms with Crippen molar-refractivity contribution >= 4 is 44.8 Å². The van der Waals surface area contributed by atoms with Crippen LogP contribution in [0, 0.1) is 11.6 Å². The van der Waals surface area contributed by atoms with E-state index in [0.717, 1.165) is 11.3 Å². The molecule has 0 spiro atoms. The van der Waals surface area contributed by atoms with Crippen molar-refractivity contribution in [1.82, 2.24) is 0 Å². The lowest BCUT2D eigenvalue weighted by Gasteiger charge is -2.24. The first-order valence-electron chi connectivity index (χ1n) is 8.26. The molecule has 1 aromatic heterocycles. The molecule has 0 unspecified atom stereocenters. The van der Waals surface area contributed by atoms with Gasteiger partial charge in [0.15, 0.2) is 0 Å². The number of nitrogens with one attached hydrogen (secondary N) is 1. The molecule has 4 rings (SSSR count). The summed E-state index contributed by atoms with van der Waals surface area (Å²) in [6, 6.07) is 9.95. The average molecular weight is 464 g/mol. The maximum absolute atomic E-state index is 14.5. The highest BCUT2D eigenvalue weighted by Gasteiger charge is 2.35. The first-order chi connectivity index (χ1) is 13.3. The fourth-order valence-corrected chi connectivity index (χ4v) is 5.01. The molecule has 0 radical (unpaired) electrons. The first kappa shape index (κ1) is 18.8. The Morgan fingerprint density at radius 2 is 2.00 bits per heavy atom. The van der Waals surface area contributed by atoms with E-state index in [9.17, 15) is 23.5 Å². The molecule has 2 N–H and O–H groups in total. The highest BCUT2D eigenvalue weighted by molar-refractivity contribution is 9.10. The fourth-order valence-electron chi connectivity index (χ4n) is 3.39. The Labute approximate surface area is 171 Å². The van der Waals surface area contributed by atoms with E-state index in [4.69, 9.17) is 0 Å². The largest absolute Gasteiger partial charge is 0.477 e. The van der Waals surface area contributed by atoms with Gasteiger partial charge in [0.25, 0.3) is 0 Å². The number of carbonyl (C=O) groups excluding carboxylic acids is 1. The van der Waals surface area contributed by atoms with Crippen LogP contribution in [0.25, 0.3) is 11.1 Å². The molecule has 0 fully saturated rings. The number of amides is 1. The fraction of sp³-hybridized carbons (Fsp3) is 0.100. The van der Waals surface area contributed by atoms with Crippen molar-refractivity contribution < 1.29 is 23.5 Å². The van der Waals surface area contributed by atoms with E-state index < -0.39 is 23.5 Å². The summed E-state index contributed by atoms with van der Waals surface area (Å²) in [5, 5.41) is 12.4. The van der Waals surface area contributed by atoms with Gasteiger partial charge in [0.1, 0.15) is 16.5 Å². The number of rotatable bonds is 3. The Balaban J connectivity index is 1.98. The van der Waals surface area contributed by atoms with Gasteiger partial charge in [-0.2, -0.15) is 0 Å². The van der Waals surface area contributed by atoms with Gasteiger partial charge >= 0.3 is 5.97 Å². The van der Waals surface area contributed by atoms with Crippen LogP contribution in [0.3, 0.4) is 0 Å². The summed E-state index contributed by atoms with van der Waals surface area (Å²) >= 11 is 4.28. The van der Waals surface area contributed by atoms with Crippen molar-refractivity contribution in [3.8, 4) is 11.1 Å². The molecule has 0 bridgehead atoms. The van der Waals surface area contributed by atoms with E-state index in [-0.39, 0.29) is 22.8 Å². The molecule has 8 heteroatoms. The quantitative estimate of drug-likeness (QED) is 0.528. The minimum atomic E-state index is -1.19. The molecule has 1 aliphatic heterocycles. The number of hydrogen-bond donors (Lipinski definition) is 2. The summed E-state index contributed by atoms with van der Waals surface area (Å²) in [5.74, 6) is -3.19. The molecule has 1 aliphatic rings. The summed E-state index contributed by atoms with van der Waals surface area (Å²) in [6.07, 6.45) is -0.0114.